The van der Waals surface area contributed by atoms with Crippen LogP contribution in [0.3, 0.4) is 0 Å². The Morgan fingerprint density at radius 1 is 1.05 bits per heavy atom. The lowest BCUT2D eigenvalue weighted by Crippen LogP contribution is -2.13. The van der Waals surface area contributed by atoms with E-state index in [4.69, 9.17) is 18.6 Å². The number of carbonyl (C=O) groups is 1. The molecule has 1 amide bonds. The fraction of sp³-hybridized carbons (Fsp3) is 0.167. The molecule has 3 aromatic heterocycles. The fourth-order valence-corrected chi connectivity index (χ4v) is 5.04. The summed E-state index contributed by atoms with van der Waals surface area (Å²) in [6.07, 6.45) is 1.79. The smallest absolute Gasteiger partial charge is 0.294 e. The highest BCUT2D eigenvalue weighted by Gasteiger charge is 2.17. The van der Waals surface area contributed by atoms with Gasteiger partial charge in [-0.15, -0.1) is 5.10 Å². The summed E-state index contributed by atoms with van der Waals surface area (Å²) < 4.78 is 24.7. The first kappa shape index (κ1) is 26.2. The van der Waals surface area contributed by atoms with E-state index < -0.39 is 0 Å². The topological polar surface area (TPSA) is 103 Å². The Morgan fingerprint density at radius 2 is 1.88 bits per heavy atom. The van der Waals surface area contributed by atoms with Gasteiger partial charge in [0.15, 0.2) is 5.76 Å². The minimum absolute atomic E-state index is 0.179. The molecule has 3 heterocycles. The molecule has 0 saturated carbocycles. The molecular formula is C30H27N5O5S. The van der Waals surface area contributed by atoms with Crippen LogP contribution in [-0.2, 0) is 6.61 Å². The van der Waals surface area contributed by atoms with Gasteiger partial charge >= 0.3 is 0 Å². The molecule has 0 unspecified atom stereocenters. The molecule has 0 aliphatic heterocycles. The molecule has 11 heteroatoms. The number of nitrogens with one attached hydrogen (secondary N) is 1. The largest absolute Gasteiger partial charge is 0.496 e. The Bertz CT molecular complexity index is 1820. The van der Waals surface area contributed by atoms with Gasteiger partial charge in [-0.3, -0.25) is 4.79 Å². The summed E-state index contributed by atoms with van der Waals surface area (Å²) in [5, 5.41) is 8.61. The number of hydrogen-bond donors (Lipinski definition) is 1. The van der Waals surface area contributed by atoms with E-state index >= 15 is 0 Å². The third-order valence-electron chi connectivity index (χ3n) is 6.49. The second-order valence-corrected chi connectivity index (χ2v) is 10.4. The van der Waals surface area contributed by atoms with Crippen LogP contribution in [0.15, 0.2) is 77.3 Å². The number of aromatic nitrogens is 3. The van der Waals surface area contributed by atoms with Crippen molar-refractivity contribution >= 4 is 44.5 Å². The first-order chi connectivity index (χ1) is 19.9. The number of anilines is 2. The van der Waals surface area contributed by atoms with Gasteiger partial charge in [0, 0.05) is 43.2 Å². The summed E-state index contributed by atoms with van der Waals surface area (Å²) in [5.74, 6) is 1.61. The Kier molecular flexibility index (Phi) is 6.94. The van der Waals surface area contributed by atoms with Crippen LogP contribution in [0.2, 0.25) is 0 Å². The van der Waals surface area contributed by atoms with E-state index in [9.17, 15) is 4.79 Å². The summed E-state index contributed by atoms with van der Waals surface area (Å²) in [5.41, 5.74) is 4.43. The number of amides is 1. The summed E-state index contributed by atoms with van der Waals surface area (Å²) in [6.45, 7) is 0.272. The Labute approximate surface area is 239 Å². The van der Waals surface area contributed by atoms with Crippen molar-refractivity contribution in [3.63, 3.8) is 0 Å². The van der Waals surface area contributed by atoms with Crippen molar-refractivity contribution in [1.29, 1.82) is 0 Å². The van der Waals surface area contributed by atoms with Crippen molar-refractivity contribution in [2.24, 2.45) is 0 Å². The molecule has 0 aliphatic carbocycles. The standard InChI is InChI=1S/C30H27N5O5S/c1-34(2)21-10-8-19(9-11-21)28(36)31-20-7-5-6-18(12-20)17-39-25-13-22(37-3)14-26-23(25)15-27(40-26)24-16-35-29(32-24)41-30(33-35)38-4/h5-16H,17H2,1-4H3,(H,31,36). The molecule has 0 atom stereocenters. The maximum Gasteiger partial charge on any atom is 0.294 e. The fourth-order valence-electron chi connectivity index (χ4n) is 4.34. The number of nitrogens with zero attached hydrogens (tertiary/aromatic N) is 4. The zero-order valence-corrected chi connectivity index (χ0v) is 23.7. The second kappa shape index (κ2) is 10.9. The normalized spacial score (nSPS) is 11.1. The molecule has 0 aliphatic rings. The van der Waals surface area contributed by atoms with Crippen molar-refractivity contribution in [1.82, 2.24) is 14.6 Å². The first-order valence-corrected chi connectivity index (χ1v) is 13.5. The Hall–Kier alpha value is -5.03. The van der Waals surface area contributed by atoms with Crippen LogP contribution < -0.4 is 24.4 Å². The number of methoxy groups -OCH3 is 2. The predicted octanol–water partition coefficient (Wildman–Crippen LogP) is 6.12. The minimum atomic E-state index is -0.179. The molecule has 0 fully saturated rings. The summed E-state index contributed by atoms with van der Waals surface area (Å²) in [7, 11) is 7.09. The van der Waals surface area contributed by atoms with Crippen LogP contribution in [0, 0.1) is 0 Å². The van der Waals surface area contributed by atoms with Gasteiger partial charge in [0.2, 0.25) is 4.96 Å². The zero-order valence-electron chi connectivity index (χ0n) is 22.9. The Morgan fingerprint density at radius 3 is 2.61 bits per heavy atom. The number of ether oxygens (including phenoxy) is 3. The van der Waals surface area contributed by atoms with Crippen LogP contribution in [0.4, 0.5) is 11.4 Å². The highest BCUT2D eigenvalue weighted by atomic mass is 32.1. The number of rotatable bonds is 9. The van der Waals surface area contributed by atoms with Crippen LogP contribution in [0.25, 0.3) is 27.4 Å². The SMILES string of the molecule is COc1cc(OCc2cccc(NC(=O)c3ccc(N(C)C)cc3)c2)c2cc(-c3cn4nc(OC)sc4n3)oc2c1. The van der Waals surface area contributed by atoms with E-state index in [0.717, 1.165) is 16.6 Å². The number of hydrogen-bond acceptors (Lipinski definition) is 9. The minimum Gasteiger partial charge on any atom is -0.496 e. The van der Waals surface area contributed by atoms with E-state index in [2.05, 4.69) is 15.4 Å². The van der Waals surface area contributed by atoms with Crippen molar-refractivity contribution in [2.75, 3.05) is 38.5 Å². The van der Waals surface area contributed by atoms with E-state index in [0.29, 0.717) is 49.9 Å². The quantitative estimate of drug-likeness (QED) is 0.222. The maximum absolute atomic E-state index is 12.8. The van der Waals surface area contributed by atoms with Crippen LogP contribution in [0.1, 0.15) is 15.9 Å². The second-order valence-electron chi connectivity index (χ2n) is 9.46. The zero-order chi connectivity index (χ0) is 28.5. The molecule has 0 saturated heterocycles. The van der Waals surface area contributed by atoms with Crippen molar-refractivity contribution in [3.8, 4) is 28.1 Å². The van der Waals surface area contributed by atoms with Gasteiger partial charge in [-0.1, -0.05) is 12.1 Å². The molecule has 10 nitrogen and oxygen atoms in total. The molecule has 6 rings (SSSR count). The summed E-state index contributed by atoms with van der Waals surface area (Å²) in [6, 6.07) is 20.5. The number of fused-ring (bicyclic) bond motifs is 2. The molecule has 6 aromatic rings. The van der Waals surface area contributed by atoms with Gasteiger partial charge in [-0.05, 0) is 59.4 Å². The van der Waals surface area contributed by atoms with Gasteiger partial charge in [0.1, 0.15) is 29.4 Å². The van der Waals surface area contributed by atoms with Gasteiger partial charge in [0.05, 0.1) is 25.8 Å². The van der Waals surface area contributed by atoms with Crippen LogP contribution >= 0.6 is 11.3 Å². The van der Waals surface area contributed by atoms with E-state index in [1.54, 1.807) is 24.9 Å². The predicted molar refractivity (Wildman–Crippen MR) is 159 cm³/mol. The van der Waals surface area contributed by atoms with E-state index in [1.807, 2.05) is 85.7 Å². The molecule has 41 heavy (non-hydrogen) atoms. The molecule has 3 aromatic carbocycles. The lowest BCUT2D eigenvalue weighted by atomic mass is 10.1. The molecule has 1 N–H and O–H groups in total. The highest BCUT2D eigenvalue weighted by Crippen LogP contribution is 2.37. The molecular weight excluding hydrogens is 542 g/mol. The molecule has 0 bridgehead atoms. The van der Waals surface area contributed by atoms with Gasteiger partial charge < -0.3 is 28.8 Å². The average molecular weight is 570 g/mol. The lowest BCUT2D eigenvalue weighted by molar-refractivity contribution is 0.102. The number of furan rings is 1. The van der Waals surface area contributed by atoms with Crippen LogP contribution in [-0.4, -0.2) is 48.8 Å². The van der Waals surface area contributed by atoms with Crippen molar-refractivity contribution < 1.29 is 23.4 Å². The van der Waals surface area contributed by atoms with Gasteiger partial charge in [-0.25, -0.2) is 9.50 Å². The van der Waals surface area contributed by atoms with Crippen molar-refractivity contribution in [2.45, 2.75) is 6.61 Å². The monoisotopic (exact) mass is 569 g/mol. The number of carbonyl (C=O) groups excluding carboxylic acids is 1. The van der Waals surface area contributed by atoms with E-state index in [-0.39, 0.29) is 12.5 Å². The number of imidazole rings is 1. The average Bonchev–Trinajstić information content (AvgIpc) is 3.69. The van der Waals surface area contributed by atoms with E-state index in [1.165, 1.54) is 11.3 Å². The lowest BCUT2D eigenvalue weighted by Gasteiger charge is -2.13. The number of benzene rings is 3. The van der Waals surface area contributed by atoms with Gasteiger partial charge in [-0.2, -0.15) is 0 Å². The third-order valence-corrected chi connectivity index (χ3v) is 7.37. The molecule has 0 spiro atoms. The maximum atomic E-state index is 12.8. The first-order valence-electron chi connectivity index (χ1n) is 12.7. The highest BCUT2D eigenvalue weighted by molar-refractivity contribution is 7.18. The van der Waals surface area contributed by atoms with Crippen molar-refractivity contribution in [3.05, 3.63) is 84.1 Å². The summed E-state index contributed by atoms with van der Waals surface area (Å²) in [4.78, 5) is 20.1. The molecule has 208 valence electrons. The summed E-state index contributed by atoms with van der Waals surface area (Å²) >= 11 is 1.34. The third kappa shape index (κ3) is 5.39. The molecule has 0 radical (unpaired) electrons. The Balaban J connectivity index is 1.20. The van der Waals surface area contributed by atoms with Crippen LogP contribution in [0.5, 0.6) is 16.7 Å². The van der Waals surface area contributed by atoms with Gasteiger partial charge in [0.25, 0.3) is 11.1 Å².